The van der Waals surface area contributed by atoms with Crippen LogP contribution in [0.4, 0.5) is 0 Å². The number of aromatic nitrogens is 2. The van der Waals surface area contributed by atoms with Crippen molar-refractivity contribution in [3.63, 3.8) is 0 Å². The number of imidazole rings is 1. The van der Waals surface area contributed by atoms with E-state index in [-0.39, 0.29) is 17.6 Å². The maximum Gasteiger partial charge on any atom is 0.323 e. The van der Waals surface area contributed by atoms with Crippen molar-refractivity contribution in [3.8, 4) is 0 Å². The van der Waals surface area contributed by atoms with Crippen LogP contribution < -0.4 is 11.0 Å². The number of fused-ring (bicyclic) bond motifs is 2. The van der Waals surface area contributed by atoms with E-state index in [1.807, 2.05) is 7.05 Å². The van der Waals surface area contributed by atoms with Crippen molar-refractivity contribution in [2.75, 3.05) is 7.05 Å². The lowest BCUT2D eigenvalue weighted by Crippen LogP contribution is -2.48. The SMILES string of the molecule is CN(C(=O)c1c[nH]c(=O)[nH]1)C1CC2CCC(C1)N2. The summed E-state index contributed by atoms with van der Waals surface area (Å²) in [5.74, 6) is -0.111. The van der Waals surface area contributed by atoms with Crippen molar-refractivity contribution in [1.82, 2.24) is 20.2 Å². The predicted molar refractivity (Wildman–Crippen MR) is 66.5 cm³/mol. The highest BCUT2D eigenvalue weighted by Crippen LogP contribution is 2.29. The molecule has 3 heterocycles. The van der Waals surface area contributed by atoms with E-state index in [2.05, 4.69) is 15.3 Å². The minimum absolute atomic E-state index is 0.111. The van der Waals surface area contributed by atoms with Crippen LogP contribution in [0.1, 0.15) is 36.2 Å². The van der Waals surface area contributed by atoms with Crippen molar-refractivity contribution in [1.29, 1.82) is 0 Å². The number of hydrogen-bond acceptors (Lipinski definition) is 3. The highest BCUT2D eigenvalue weighted by atomic mass is 16.2. The highest BCUT2D eigenvalue weighted by molar-refractivity contribution is 5.92. The van der Waals surface area contributed by atoms with E-state index in [1.165, 1.54) is 19.0 Å². The molecule has 2 atom stereocenters. The molecule has 3 N–H and O–H groups in total. The number of H-pyrrole nitrogens is 2. The van der Waals surface area contributed by atoms with Crippen LogP contribution in [0.2, 0.25) is 0 Å². The van der Waals surface area contributed by atoms with Gasteiger partial charge in [-0.1, -0.05) is 0 Å². The molecule has 0 radical (unpaired) electrons. The molecule has 0 spiro atoms. The molecule has 6 nitrogen and oxygen atoms in total. The number of nitrogens with zero attached hydrogens (tertiary/aromatic N) is 1. The molecular formula is C12H18N4O2. The first-order valence-electron chi connectivity index (χ1n) is 6.44. The zero-order chi connectivity index (χ0) is 12.7. The smallest absolute Gasteiger partial charge is 0.323 e. The normalized spacial score (nSPS) is 30.4. The second kappa shape index (κ2) is 4.28. The molecule has 6 heteroatoms. The lowest BCUT2D eigenvalue weighted by atomic mass is 9.98. The molecule has 1 aromatic heterocycles. The van der Waals surface area contributed by atoms with Gasteiger partial charge < -0.3 is 20.2 Å². The lowest BCUT2D eigenvalue weighted by molar-refractivity contribution is 0.0676. The molecule has 2 aliphatic rings. The van der Waals surface area contributed by atoms with Gasteiger partial charge in [-0.3, -0.25) is 4.79 Å². The number of hydrogen-bond donors (Lipinski definition) is 3. The van der Waals surface area contributed by atoms with Crippen LogP contribution in [0.25, 0.3) is 0 Å². The predicted octanol–water partition coefficient (Wildman–Crippen LogP) is 0.0580. The van der Waals surface area contributed by atoms with Crippen LogP contribution in [0.15, 0.2) is 11.0 Å². The maximum absolute atomic E-state index is 12.2. The van der Waals surface area contributed by atoms with Crippen molar-refractivity contribution < 1.29 is 4.79 Å². The summed E-state index contributed by atoms with van der Waals surface area (Å²) in [6, 6.07) is 1.37. The number of piperidine rings is 1. The fourth-order valence-electron chi connectivity index (χ4n) is 3.15. The van der Waals surface area contributed by atoms with Crippen LogP contribution in [-0.2, 0) is 0 Å². The molecular weight excluding hydrogens is 232 g/mol. The number of nitrogens with one attached hydrogen (secondary N) is 3. The summed E-state index contributed by atoms with van der Waals surface area (Å²) in [7, 11) is 1.82. The summed E-state index contributed by atoms with van der Waals surface area (Å²) >= 11 is 0. The zero-order valence-corrected chi connectivity index (χ0v) is 10.4. The van der Waals surface area contributed by atoms with Crippen LogP contribution in [0, 0.1) is 0 Å². The quantitative estimate of drug-likeness (QED) is 0.694. The summed E-state index contributed by atoms with van der Waals surface area (Å²) in [6.07, 6.45) is 5.88. The average molecular weight is 250 g/mol. The van der Waals surface area contributed by atoms with Crippen molar-refractivity contribution in [2.45, 2.75) is 43.8 Å². The topological polar surface area (TPSA) is 81.0 Å². The van der Waals surface area contributed by atoms with E-state index < -0.39 is 0 Å². The monoisotopic (exact) mass is 250 g/mol. The van der Waals surface area contributed by atoms with Crippen LogP contribution in [0.5, 0.6) is 0 Å². The number of amides is 1. The number of rotatable bonds is 2. The fraction of sp³-hybridized carbons (Fsp3) is 0.667. The molecule has 2 unspecified atom stereocenters. The van der Waals surface area contributed by atoms with Gasteiger partial charge in [-0.2, -0.15) is 0 Å². The van der Waals surface area contributed by atoms with E-state index in [0.29, 0.717) is 17.8 Å². The van der Waals surface area contributed by atoms with Gasteiger partial charge in [0.2, 0.25) is 0 Å². The van der Waals surface area contributed by atoms with E-state index >= 15 is 0 Å². The van der Waals surface area contributed by atoms with E-state index in [9.17, 15) is 9.59 Å². The Labute approximate surface area is 105 Å². The summed E-state index contributed by atoms with van der Waals surface area (Å²) in [5, 5.41) is 3.56. The Morgan fingerprint density at radius 1 is 1.33 bits per heavy atom. The molecule has 0 aromatic carbocycles. The van der Waals surface area contributed by atoms with Crippen LogP contribution >= 0.6 is 0 Å². The Kier molecular flexibility index (Phi) is 2.74. The average Bonchev–Trinajstić information content (AvgIpc) is 2.94. The summed E-state index contributed by atoms with van der Waals surface area (Å²) in [5.41, 5.74) is 0.00510. The second-order valence-electron chi connectivity index (χ2n) is 5.34. The molecule has 0 saturated carbocycles. The minimum Gasteiger partial charge on any atom is -0.337 e. The Morgan fingerprint density at radius 2 is 2.00 bits per heavy atom. The Balaban J connectivity index is 1.72. The van der Waals surface area contributed by atoms with Gasteiger partial charge in [0.1, 0.15) is 5.69 Å². The van der Waals surface area contributed by atoms with Crippen LogP contribution in [0.3, 0.4) is 0 Å². The number of carbonyl (C=O) groups is 1. The fourth-order valence-corrected chi connectivity index (χ4v) is 3.15. The van der Waals surface area contributed by atoms with E-state index in [0.717, 1.165) is 12.8 Å². The van der Waals surface area contributed by atoms with Crippen molar-refractivity contribution >= 4 is 5.91 Å². The molecule has 2 bridgehead atoms. The first kappa shape index (κ1) is 11.5. The Hall–Kier alpha value is -1.56. The van der Waals surface area contributed by atoms with Gasteiger partial charge in [0.15, 0.2) is 0 Å². The number of carbonyl (C=O) groups excluding carboxylic acids is 1. The zero-order valence-electron chi connectivity index (χ0n) is 10.4. The van der Waals surface area contributed by atoms with E-state index in [1.54, 1.807) is 4.90 Å². The van der Waals surface area contributed by atoms with Crippen molar-refractivity contribution in [2.24, 2.45) is 0 Å². The summed E-state index contributed by atoms with van der Waals surface area (Å²) in [6.45, 7) is 0. The maximum atomic E-state index is 12.2. The van der Waals surface area contributed by atoms with Gasteiger partial charge in [0.25, 0.3) is 5.91 Å². The largest absolute Gasteiger partial charge is 0.337 e. The van der Waals surface area contributed by atoms with Crippen molar-refractivity contribution in [3.05, 3.63) is 22.4 Å². The molecule has 0 aliphatic carbocycles. The molecule has 1 amide bonds. The first-order valence-corrected chi connectivity index (χ1v) is 6.44. The molecule has 3 rings (SSSR count). The Bertz CT molecular complexity index is 494. The lowest BCUT2D eigenvalue weighted by Gasteiger charge is -2.35. The van der Waals surface area contributed by atoms with Gasteiger partial charge >= 0.3 is 5.69 Å². The van der Waals surface area contributed by atoms with Gasteiger partial charge in [0, 0.05) is 31.4 Å². The van der Waals surface area contributed by atoms with Gasteiger partial charge in [-0.25, -0.2) is 4.79 Å². The molecule has 98 valence electrons. The molecule has 1 aromatic rings. The second-order valence-corrected chi connectivity index (χ2v) is 5.34. The molecule has 18 heavy (non-hydrogen) atoms. The molecule has 2 fully saturated rings. The summed E-state index contributed by atoms with van der Waals surface area (Å²) < 4.78 is 0. The minimum atomic E-state index is -0.336. The molecule has 2 saturated heterocycles. The Morgan fingerprint density at radius 3 is 2.56 bits per heavy atom. The first-order chi connectivity index (χ1) is 8.63. The molecule has 2 aliphatic heterocycles. The third-order valence-electron chi connectivity index (χ3n) is 4.14. The standard InChI is InChI=1S/C12H18N4O2/c1-16(11(17)10-6-13-12(18)15-10)9-4-7-2-3-8(5-9)14-7/h6-9,14H,2-5H2,1H3,(H2,13,15,18). The van der Waals surface area contributed by atoms with Gasteiger partial charge in [-0.05, 0) is 25.7 Å². The van der Waals surface area contributed by atoms with Crippen LogP contribution in [-0.4, -0.2) is 45.9 Å². The van der Waals surface area contributed by atoms with E-state index in [4.69, 9.17) is 0 Å². The van der Waals surface area contributed by atoms with Gasteiger partial charge in [-0.15, -0.1) is 0 Å². The van der Waals surface area contributed by atoms with Gasteiger partial charge in [0.05, 0.1) is 0 Å². The third kappa shape index (κ3) is 1.96. The highest BCUT2D eigenvalue weighted by Gasteiger charge is 2.36. The summed E-state index contributed by atoms with van der Waals surface area (Å²) in [4.78, 5) is 30.0. The third-order valence-corrected chi connectivity index (χ3v) is 4.14. The number of aromatic amines is 2.